The zero-order valence-electron chi connectivity index (χ0n) is 18.1. The van der Waals surface area contributed by atoms with Crippen LogP contribution in [0.4, 0.5) is 4.79 Å². The lowest BCUT2D eigenvalue weighted by Gasteiger charge is -2.35. The third-order valence-corrected chi connectivity index (χ3v) is 5.46. The predicted octanol–water partition coefficient (Wildman–Crippen LogP) is 2.39. The zero-order valence-corrected chi connectivity index (χ0v) is 18.1. The molecule has 0 saturated carbocycles. The zero-order chi connectivity index (χ0) is 22.5. The van der Waals surface area contributed by atoms with Crippen LogP contribution in [0.25, 0.3) is 5.69 Å². The fourth-order valence-electron chi connectivity index (χ4n) is 3.76. The summed E-state index contributed by atoms with van der Waals surface area (Å²) < 4.78 is 7.25. The van der Waals surface area contributed by atoms with Crippen LogP contribution in [0.1, 0.15) is 11.3 Å². The molecule has 3 aromatic rings. The first kappa shape index (κ1) is 21.6. The molecule has 2 heterocycles. The van der Waals surface area contributed by atoms with Gasteiger partial charge in [0, 0.05) is 32.2 Å². The van der Waals surface area contributed by atoms with Crippen molar-refractivity contribution < 1.29 is 14.3 Å². The van der Waals surface area contributed by atoms with E-state index in [1.54, 1.807) is 20.5 Å². The van der Waals surface area contributed by atoms with Gasteiger partial charge in [0.05, 0.1) is 17.4 Å². The van der Waals surface area contributed by atoms with Crippen LogP contribution >= 0.6 is 0 Å². The molecule has 1 saturated heterocycles. The monoisotopic (exact) mass is 433 g/mol. The molecule has 8 heteroatoms. The van der Waals surface area contributed by atoms with Gasteiger partial charge in [0.1, 0.15) is 0 Å². The van der Waals surface area contributed by atoms with E-state index in [9.17, 15) is 9.59 Å². The number of nitrogens with zero attached hydrogens (tertiary/aromatic N) is 4. The Kier molecular flexibility index (Phi) is 6.51. The van der Waals surface area contributed by atoms with E-state index in [0.29, 0.717) is 38.5 Å². The number of benzene rings is 2. The van der Waals surface area contributed by atoms with Crippen molar-refractivity contribution >= 4 is 12.0 Å². The predicted molar refractivity (Wildman–Crippen MR) is 121 cm³/mol. The summed E-state index contributed by atoms with van der Waals surface area (Å²) in [4.78, 5) is 28.8. The molecule has 2 amide bonds. The quantitative estimate of drug-likeness (QED) is 0.667. The minimum Gasteiger partial charge on any atom is -0.391 e. The fourth-order valence-corrected chi connectivity index (χ4v) is 3.76. The molecular weight excluding hydrogens is 406 g/mol. The second-order valence-electron chi connectivity index (χ2n) is 7.85. The maximum atomic E-state index is 12.7. The number of carbonyl (C=O) groups excluding carboxylic acids is 2. The van der Waals surface area contributed by atoms with Crippen molar-refractivity contribution in [1.82, 2.24) is 19.6 Å². The number of amides is 2. The van der Waals surface area contributed by atoms with E-state index in [2.05, 4.69) is 5.10 Å². The van der Waals surface area contributed by atoms with E-state index in [1.165, 1.54) is 0 Å². The van der Waals surface area contributed by atoms with E-state index in [1.807, 2.05) is 67.6 Å². The molecule has 1 aromatic heterocycles. The first-order valence-corrected chi connectivity index (χ1v) is 10.7. The van der Waals surface area contributed by atoms with Crippen molar-refractivity contribution in [2.24, 2.45) is 5.73 Å². The molecule has 1 aliphatic rings. The van der Waals surface area contributed by atoms with Crippen LogP contribution in [0.5, 0.6) is 5.88 Å². The number of aryl methyl sites for hydroxylation is 1. The summed E-state index contributed by atoms with van der Waals surface area (Å²) in [5.74, 6) is 0.265. The fraction of sp³-hybridized carbons (Fsp3) is 0.292. The van der Waals surface area contributed by atoms with Gasteiger partial charge in [-0.15, -0.1) is 0 Å². The minimum atomic E-state index is -0.598. The lowest BCUT2D eigenvalue weighted by atomic mass is 10.1. The maximum Gasteiger partial charge on any atom is 0.416 e. The highest BCUT2D eigenvalue weighted by Gasteiger charge is 2.28. The van der Waals surface area contributed by atoms with Gasteiger partial charge in [0.25, 0.3) is 0 Å². The Morgan fingerprint density at radius 3 is 2.22 bits per heavy atom. The normalized spacial score (nSPS) is 14.8. The third kappa shape index (κ3) is 4.97. The number of aromatic nitrogens is 2. The topological polar surface area (TPSA) is 93.7 Å². The first-order chi connectivity index (χ1) is 15.5. The van der Waals surface area contributed by atoms with Crippen molar-refractivity contribution in [3.05, 3.63) is 78.0 Å². The number of rotatable bonds is 5. The number of piperazine rings is 1. The number of nitrogens with two attached hydrogens (primary N) is 1. The van der Waals surface area contributed by atoms with Crippen LogP contribution in [-0.4, -0.2) is 63.8 Å². The molecular formula is C24H27N5O3. The number of para-hydroxylation sites is 1. The molecule has 1 unspecified atom stereocenters. The van der Waals surface area contributed by atoms with E-state index in [4.69, 9.17) is 10.5 Å². The van der Waals surface area contributed by atoms with Gasteiger partial charge < -0.3 is 20.3 Å². The lowest BCUT2D eigenvalue weighted by molar-refractivity contribution is -0.134. The van der Waals surface area contributed by atoms with Crippen molar-refractivity contribution in [1.29, 1.82) is 0 Å². The Balaban J connectivity index is 1.33. The summed E-state index contributed by atoms with van der Waals surface area (Å²) >= 11 is 0. The summed E-state index contributed by atoms with van der Waals surface area (Å²) in [6, 6.07) is 20.4. The molecule has 1 aliphatic heterocycles. The van der Waals surface area contributed by atoms with E-state index < -0.39 is 12.1 Å². The molecule has 0 aliphatic carbocycles. The second-order valence-corrected chi connectivity index (χ2v) is 7.85. The van der Waals surface area contributed by atoms with Gasteiger partial charge in [-0.3, -0.25) is 4.79 Å². The molecule has 2 N–H and O–H groups in total. The van der Waals surface area contributed by atoms with Crippen LogP contribution in [0, 0.1) is 6.92 Å². The highest BCUT2D eigenvalue weighted by atomic mass is 16.6. The molecule has 0 spiro atoms. The first-order valence-electron chi connectivity index (χ1n) is 10.7. The minimum absolute atomic E-state index is 0.0975. The van der Waals surface area contributed by atoms with Crippen molar-refractivity contribution in [2.45, 2.75) is 19.4 Å². The van der Waals surface area contributed by atoms with Crippen LogP contribution < -0.4 is 10.5 Å². The molecule has 8 nitrogen and oxygen atoms in total. The van der Waals surface area contributed by atoms with E-state index >= 15 is 0 Å². The van der Waals surface area contributed by atoms with Gasteiger partial charge in [0.2, 0.25) is 11.8 Å². The van der Waals surface area contributed by atoms with E-state index in [-0.39, 0.29) is 5.91 Å². The number of carbonyl (C=O) groups is 2. The third-order valence-electron chi connectivity index (χ3n) is 5.46. The molecule has 4 rings (SSSR count). The average molecular weight is 434 g/mol. The molecule has 0 radical (unpaired) electrons. The van der Waals surface area contributed by atoms with Crippen molar-refractivity contribution in [3.8, 4) is 11.6 Å². The summed E-state index contributed by atoms with van der Waals surface area (Å²) in [6.07, 6.45) is 0.0351. The smallest absolute Gasteiger partial charge is 0.391 e. The standard InChI is InChI=1S/C24H27N5O3/c1-18-16-22(29(26-18)20-10-6-3-7-11-20)32-24(31)28-14-12-27(13-15-28)23(30)21(25)17-19-8-4-2-5-9-19/h2-11,16,21H,12-15,17,25H2,1H3. The highest BCUT2D eigenvalue weighted by molar-refractivity contribution is 5.82. The highest BCUT2D eigenvalue weighted by Crippen LogP contribution is 2.20. The lowest BCUT2D eigenvalue weighted by Crippen LogP contribution is -2.55. The summed E-state index contributed by atoms with van der Waals surface area (Å²) in [7, 11) is 0. The SMILES string of the molecule is Cc1cc(OC(=O)N2CCN(C(=O)C(N)Cc3ccccc3)CC2)n(-c2ccccc2)n1. The Morgan fingerprint density at radius 2 is 1.56 bits per heavy atom. The molecule has 1 atom stereocenters. The summed E-state index contributed by atoms with van der Waals surface area (Å²) in [5.41, 5.74) is 8.73. The van der Waals surface area contributed by atoms with Gasteiger partial charge in [-0.25, -0.2) is 9.48 Å². The van der Waals surface area contributed by atoms with Crippen LogP contribution in [0.15, 0.2) is 66.7 Å². The number of ether oxygens (including phenoxy) is 1. The van der Waals surface area contributed by atoms with Crippen LogP contribution in [0.3, 0.4) is 0 Å². The summed E-state index contributed by atoms with van der Waals surface area (Å²) in [5, 5.41) is 4.42. The molecule has 1 fully saturated rings. The van der Waals surface area contributed by atoms with Gasteiger partial charge in [-0.2, -0.15) is 5.10 Å². The van der Waals surface area contributed by atoms with Crippen molar-refractivity contribution in [2.75, 3.05) is 26.2 Å². The number of hydrogen-bond acceptors (Lipinski definition) is 5. The van der Waals surface area contributed by atoms with Crippen LogP contribution in [0.2, 0.25) is 0 Å². The molecule has 32 heavy (non-hydrogen) atoms. The summed E-state index contributed by atoms with van der Waals surface area (Å²) in [6.45, 7) is 3.48. The van der Waals surface area contributed by atoms with Gasteiger partial charge in [-0.05, 0) is 31.0 Å². The van der Waals surface area contributed by atoms with Gasteiger partial charge in [-0.1, -0.05) is 48.5 Å². The largest absolute Gasteiger partial charge is 0.416 e. The molecule has 2 aromatic carbocycles. The Labute approximate surface area is 187 Å². The van der Waals surface area contributed by atoms with Gasteiger partial charge in [0.15, 0.2) is 0 Å². The Hall–Kier alpha value is -3.65. The van der Waals surface area contributed by atoms with Crippen molar-refractivity contribution in [3.63, 3.8) is 0 Å². The van der Waals surface area contributed by atoms with Gasteiger partial charge >= 0.3 is 6.09 Å². The Bertz CT molecular complexity index is 1060. The molecule has 0 bridgehead atoms. The maximum absolute atomic E-state index is 12.7. The second kappa shape index (κ2) is 9.65. The number of hydrogen-bond donors (Lipinski definition) is 1. The van der Waals surface area contributed by atoms with Crippen LogP contribution in [-0.2, 0) is 11.2 Å². The Morgan fingerprint density at radius 1 is 0.969 bits per heavy atom. The molecule has 166 valence electrons. The average Bonchev–Trinajstić information content (AvgIpc) is 3.19. The van der Waals surface area contributed by atoms with E-state index in [0.717, 1.165) is 16.9 Å².